The van der Waals surface area contributed by atoms with Crippen molar-refractivity contribution < 1.29 is 14.6 Å². The smallest absolute Gasteiger partial charge is 0.335 e. The van der Waals surface area contributed by atoms with E-state index in [9.17, 15) is 9.90 Å². The number of fused-ring (bicyclic) bond motifs is 2. The molecule has 0 radical (unpaired) electrons. The van der Waals surface area contributed by atoms with E-state index in [4.69, 9.17) is 4.74 Å². The molecule has 1 heterocycles. The van der Waals surface area contributed by atoms with Crippen LogP contribution >= 0.6 is 0 Å². The number of hydrogen-bond acceptors (Lipinski definition) is 2. The molecular weight excluding hydrogens is 360 g/mol. The number of rotatable bonds is 4. The maximum Gasteiger partial charge on any atom is 0.335 e. The van der Waals surface area contributed by atoms with Gasteiger partial charge in [-0.25, -0.2) is 4.79 Å². The van der Waals surface area contributed by atoms with Crippen LogP contribution in [0.4, 0.5) is 0 Å². The Morgan fingerprint density at radius 2 is 1.69 bits per heavy atom. The molecule has 0 bridgehead atoms. The maximum atomic E-state index is 11.4. The van der Waals surface area contributed by atoms with Crippen LogP contribution in [-0.4, -0.2) is 17.7 Å². The molecule has 0 saturated carbocycles. The third-order valence-corrected chi connectivity index (χ3v) is 7.12. The quantitative estimate of drug-likeness (QED) is 0.652. The molecule has 0 spiro atoms. The molecule has 0 saturated heterocycles. The normalized spacial score (nSPS) is 23.6. The van der Waals surface area contributed by atoms with Crippen molar-refractivity contribution in [2.75, 3.05) is 6.61 Å². The molecule has 29 heavy (non-hydrogen) atoms. The Balaban J connectivity index is 1.89. The number of carboxylic acids is 1. The lowest BCUT2D eigenvalue weighted by molar-refractivity contribution is 0.0696. The van der Waals surface area contributed by atoms with Gasteiger partial charge in [-0.3, -0.25) is 0 Å². The zero-order valence-corrected chi connectivity index (χ0v) is 17.8. The highest BCUT2D eigenvalue weighted by atomic mass is 16.5. The second-order valence-electron chi connectivity index (χ2n) is 9.91. The van der Waals surface area contributed by atoms with Crippen molar-refractivity contribution in [2.24, 2.45) is 0 Å². The molecular formula is C26H30O3. The number of carboxylic acid groups (broad SMARTS) is 1. The minimum atomic E-state index is -0.935. The number of ether oxygens (including phenoxy) is 1. The fourth-order valence-corrected chi connectivity index (χ4v) is 5.11. The predicted molar refractivity (Wildman–Crippen MR) is 116 cm³/mol. The Kier molecular flexibility index (Phi) is 4.41. The standard InChI is InChI=1S/C26H30O3/c1-6-11-26(16-29-22-14-17(23(27)28)7-9-20(22)26)18-8-10-19-21(15-18)25(4,5)13-12-24(19,2)3/h6-10,14-15H,1,11-13,16H2,2-5H3,(H,27,28). The largest absolute Gasteiger partial charge is 0.492 e. The Hall–Kier alpha value is -2.55. The first-order valence-electron chi connectivity index (χ1n) is 10.4. The Labute approximate surface area is 173 Å². The van der Waals surface area contributed by atoms with E-state index in [0.29, 0.717) is 12.4 Å². The van der Waals surface area contributed by atoms with Crippen molar-refractivity contribution in [1.82, 2.24) is 0 Å². The highest BCUT2D eigenvalue weighted by molar-refractivity contribution is 5.88. The van der Waals surface area contributed by atoms with Crippen LogP contribution in [0.1, 0.15) is 79.6 Å². The molecule has 2 aromatic rings. The summed E-state index contributed by atoms with van der Waals surface area (Å²) in [5.74, 6) is -0.264. The summed E-state index contributed by atoms with van der Waals surface area (Å²) < 4.78 is 6.04. The van der Waals surface area contributed by atoms with E-state index in [2.05, 4.69) is 52.5 Å². The van der Waals surface area contributed by atoms with Crippen LogP contribution in [0.3, 0.4) is 0 Å². The average molecular weight is 391 g/mol. The van der Waals surface area contributed by atoms with Gasteiger partial charge in [-0.05, 0) is 58.9 Å². The van der Waals surface area contributed by atoms with E-state index in [0.717, 1.165) is 12.0 Å². The zero-order valence-electron chi connectivity index (χ0n) is 17.8. The molecule has 1 aliphatic carbocycles. The molecule has 0 fully saturated rings. The summed E-state index contributed by atoms with van der Waals surface area (Å²) in [7, 11) is 0. The van der Waals surface area contributed by atoms with Gasteiger partial charge in [-0.1, -0.05) is 58.0 Å². The summed E-state index contributed by atoms with van der Waals surface area (Å²) in [6.45, 7) is 13.8. The average Bonchev–Trinajstić information content (AvgIpc) is 3.04. The molecule has 152 valence electrons. The van der Waals surface area contributed by atoms with E-state index >= 15 is 0 Å². The van der Waals surface area contributed by atoms with Crippen molar-refractivity contribution >= 4 is 5.97 Å². The van der Waals surface area contributed by atoms with Crippen LogP contribution in [0.25, 0.3) is 0 Å². The summed E-state index contributed by atoms with van der Waals surface area (Å²) in [4.78, 5) is 11.4. The van der Waals surface area contributed by atoms with E-state index in [1.54, 1.807) is 12.1 Å². The highest BCUT2D eigenvalue weighted by Crippen LogP contribution is 2.50. The van der Waals surface area contributed by atoms with E-state index in [1.807, 2.05) is 12.1 Å². The van der Waals surface area contributed by atoms with Gasteiger partial charge in [0.25, 0.3) is 0 Å². The Morgan fingerprint density at radius 1 is 1.03 bits per heavy atom. The lowest BCUT2D eigenvalue weighted by Gasteiger charge is -2.43. The number of aromatic carboxylic acids is 1. The fraction of sp³-hybridized carbons (Fsp3) is 0.423. The van der Waals surface area contributed by atoms with Crippen LogP contribution in [0, 0.1) is 0 Å². The van der Waals surface area contributed by atoms with Gasteiger partial charge in [0.1, 0.15) is 12.4 Å². The van der Waals surface area contributed by atoms with Gasteiger partial charge in [0.05, 0.1) is 11.0 Å². The summed E-state index contributed by atoms with van der Waals surface area (Å²) in [6, 6.07) is 12.2. The topological polar surface area (TPSA) is 46.5 Å². The van der Waals surface area contributed by atoms with Gasteiger partial charge < -0.3 is 9.84 Å². The van der Waals surface area contributed by atoms with Crippen LogP contribution in [0.15, 0.2) is 49.1 Å². The second kappa shape index (κ2) is 6.48. The van der Waals surface area contributed by atoms with Crippen LogP contribution < -0.4 is 4.74 Å². The summed E-state index contributed by atoms with van der Waals surface area (Å²) in [6.07, 6.45) is 5.04. The molecule has 1 N–H and O–H groups in total. The second-order valence-corrected chi connectivity index (χ2v) is 9.91. The zero-order chi connectivity index (χ0) is 21.0. The van der Waals surface area contributed by atoms with Crippen LogP contribution in [0.2, 0.25) is 0 Å². The Bertz CT molecular complexity index is 999. The van der Waals surface area contributed by atoms with Crippen molar-refractivity contribution in [1.29, 1.82) is 0 Å². The molecule has 0 amide bonds. The van der Waals surface area contributed by atoms with E-state index in [1.165, 1.54) is 29.5 Å². The molecule has 1 aliphatic heterocycles. The highest BCUT2D eigenvalue weighted by Gasteiger charge is 2.44. The number of benzene rings is 2. The van der Waals surface area contributed by atoms with Gasteiger partial charge in [-0.15, -0.1) is 6.58 Å². The molecule has 1 atom stereocenters. The van der Waals surface area contributed by atoms with Crippen molar-refractivity contribution in [3.8, 4) is 5.75 Å². The first-order valence-corrected chi connectivity index (χ1v) is 10.4. The van der Waals surface area contributed by atoms with E-state index < -0.39 is 5.97 Å². The van der Waals surface area contributed by atoms with E-state index in [-0.39, 0.29) is 21.8 Å². The molecule has 2 aromatic carbocycles. The predicted octanol–water partition coefficient (Wildman–Crippen LogP) is 5.99. The summed E-state index contributed by atoms with van der Waals surface area (Å²) in [5.41, 5.74) is 5.37. The van der Waals surface area contributed by atoms with Crippen molar-refractivity contribution in [3.05, 3.63) is 76.9 Å². The number of hydrogen-bond donors (Lipinski definition) is 1. The fourth-order valence-electron chi connectivity index (χ4n) is 5.11. The van der Waals surface area contributed by atoms with Gasteiger partial charge >= 0.3 is 5.97 Å². The lowest BCUT2D eigenvalue weighted by Crippen LogP contribution is -2.35. The number of allylic oxidation sites excluding steroid dienone is 1. The van der Waals surface area contributed by atoms with Gasteiger partial charge in [-0.2, -0.15) is 0 Å². The SMILES string of the molecule is C=CCC1(c2ccc3c(c2)C(C)(C)CCC3(C)C)COc2cc(C(=O)O)ccc21. The first-order chi connectivity index (χ1) is 13.6. The lowest BCUT2D eigenvalue weighted by atomic mass is 9.61. The molecule has 2 aliphatic rings. The van der Waals surface area contributed by atoms with Gasteiger partial charge in [0, 0.05) is 5.56 Å². The molecule has 1 unspecified atom stereocenters. The summed E-state index contributed by atoms with van der Waals surface area (Å²) in [5, 5.41) is 9.33. The van der Waals surface area contributed by atoms with Crippen molar-refractivity contribution in [3.63, 3.8) is 0 Å². The maximum absolute atomic E-state index is 11.4. The number of carbonyl (C=O) groups is 1. The minimum absolute atomic E-state index is 0.131. The third-order valence-electron chi connectivity index (χ3n) is 7.12. The van der Waals surface area contributed by atoms with Crippen molar-refractivity contribution in [2.45, 2.75) is 63.2 Å². The van der Waals surface area contributed by atoms with Gasteiger partial charge in [0.2, 0.25) is 0 Å². The third kappa shape index (κ3) is 2.99. The molecule has 4 rings (SSSR count). The first kappa shape index (κ1) is 19.8. The van der Waals surface area contributed by atoms with Crippen LogP contribution in [0.5, 0.6) is 5.75 Å². The van der Waals surface area contributed by atoms with Crippen LogP contribution in [-0.2, 0) is 16.2 Å². The molecule has 0 aromatic heterocycles. The molecule has 3 heteroatoms. The summed E-state index contributed by atoms with van der Waals surface area (Å²) >= 11 is 0. The monoisotopic (exact) mass is 390 g/mol. The Morgan fingerprint density at radius 3 is 2.34 bits per heavy atom. The minimum Gasteiger partial charge on any atom is -0.492 e. The van der Waals surface area contributed by atoms with Gasteiger partial charge in [0.15, 0.2) is 0 Å². The molecule has 3 nitrogen and oxygen atoms in total.